The first-order valence-corrected chi connectivity index (χ1v) is 6.18. The van der Waals surface area contributed by atoms with Gasteiger partial charge < -0.3 is 10.2 Å². The predicted molar refractivity (Wildman–Crippen MR) is 66.5 cm³/mol. The second kappa shape index (κ2) is 4.24. The Morgan fingerprint density at radius 1 is 1.32 bits per heavy atom. The molecular formula is C13H14N2O4. The molecule has 0 aromatic rings. The number of likely N-dealkylation sites (tertiary alicyclic amines) is 1. The smallest absolute Gasteiger partial charge is 0.411 e. The fraction of sp³-hybridized carbons (Fsp3) is 0.385. The highest BCUT2D eigenvalue weighted by atomic mass is 16.4. The van der Waals surface area contributed by atoms with Gasteiger partial charge in [-0.1, -0.05) is 24.3 Å². The van der Waals surface area contributed by atoms with Crippen molar-refractivity contribution in [1.29, 1.82) is 0 Å². The maximum atomic E-state index is 11.4. The van der Waals surface area contributed by atoms with Gasteiger partial charge in [0.2, 0.25) is 0 Å². The van der Waals surface area contributed by atoms with E-state index < -0.39 is 18.1 Å². The first-order chi connectivity index (χ1) is 9.09. The van der Waals surface area contributed by atoms with Crippen molar-refractivity contribution in [2.24, 2.45) is 5.92 Å². The molecule has 19 heavy (non-hydrogen) atoms. The van der Waals surface area contributed by atoms with Gasteiger partial charge in [-0.25, -0.2) is 4.79 Å². The minimum Gasteiger partial charge on any atom is -0.480 e. The summed E-state index contributed by atoms with van der Waals surface area (Å²) in [6.45, 7) is 0.356. The van der Waals surface area contributed by atoms with E-state index >= 15 is 0 Å². The molecule has 3 atom stereocenters. The number of allylic oxidation sites excluding steroid dienone is 2. The molecule has 1 fully saturated rings. The molecule has 0 aromatic carbocycles. The molecule has 6 heteroatoms. The van der Waals surface area contributed by atoms with Gasteiger partial charge in [0.1, 0.15) is 6.04 Å². The first-order valence-electron chi connectivity index (χ1n) is 6.18. The Hall–Kier alpha value is -2.08. The van der Waals surface area contributed by atoms with Crippen LogP contribution >= 0.6 is 0 Å². The zero-order valence-corrected chi connectivity index (χ0v) is 10.1. The molecule has 1 saturated heterocycles. The minimum absolute atomic E-state index is 0.225. The van der Waals surface area contributed by atoms with E-state index in [2.05, 4.69) is 5.32 Å². The molecule has 1 aliphatic carbocycles. The van der Waals surface area contributed by atoms with Gasteiger partial charge >= 0.3 is 12.1 Å². The molecule has 0 aromatic heterocycles. The van der Waals surface area contributed by atoms with Gasteiger partial charge in [-0.2, -0.15) is 0 Å². The van der Waals surface area contributed by atoms with Gasteiger partial charge in [-0.05, 0) is 12.0 Å². The fourth-order valence-corrected chi connectivity index (χ4v) is 3.10. The average molecular weight is 262 g/mol. The van der Waals surface area contributed by atoms with Crippen molar-refractivity contribution >= 4 is 12.1 Å². The van der Waals surface area contributed by atoms with Crippen LogP contribution in [0.1, 0.15) is 6.42 Å². The number of hydrogen-bond acceptors (Lipinski definition) is 3. The maximum Gasteiger partial charge on any atom is 0.411 e. The SMILES string of the molecule is O=C(O)C1NC2C=CC=CC2=C2C1CCN2C(=O)O. The number of carboxylic acids is 1. The van der Waals surface area contributed by atoms with Crippen LogP contribution in [-0.4, -0.2) is 45.8 Å². The Bertz CT molecular complexity index is 535. The van der Waals surface area contributed by atoms with Crippen LogP contribution in [0.25, 0.3) is 0 Å². The van der Waals surface area contributed by atoms with Crippen LogP contribution in [0.5, 0.6) is 0 Å². The fourth-order valence-electron chi connectivity index (χ4n) is 3.10. The largest absolute Gasteiger partial charge is 0.480 e. The Balaban J connectivity index is 2.10. The van der Waals surface area contributed by atoms with Crippen LogP contribution in [0, 0.1) is 5.92 Å². The molecule has 0 radical (unpaired) electrons. The molecule has 0 spiro atoms. The lowest BCUT2D eigenvalue weighted by Gasteiger charge is -2.36. The molecule has 1 amide bonds. The van der Waals surface area contributed by atoms with Crippen molar-refractivity contribution in [3.8, 4) is 0 Å². The summed E-state index contributed by atoms with van der Waals surface area (Å²) in [5.41, 5.74) is 1.51. The van der Waals surface area contributed by atoms with E-state index in [1.807, 2.05) is 24.3 Å². The average Bonchev–Trinajstić information content (AvgIpc) is 2.82. The molecule has 3 unspecified atom stereocenters. The van der Waals surface area contributed by atoms with Gasteiger partial charge in [0.15, 0.2) is 0 Å². The van der Waals surface area contributed by atoms with Gasteiger partial charge in [-0.15, -0.1) is 0 Å². The van der Waals surface area contributed by atoms with Crippen molar-refractivity contribution in [2.75, 3.05) is 6.54 Å². The number of nitrogens with zero attached hydrogens (tertiary/aromatic N) is 1. The molecule has 2 heterocycles. The minimum atomic E-state index is -1.02. The molecule has 3 aliphatic rings. The van der Waals surface area contributed by atoms with Crippen LogP contribution in [0.2, 0.25) is 0 Å². The van der Waals surface area contributed by atoms with Crippen LogP contribution in [-0.2, 0) is 4.79 Å². The maximum absolute atomic E-state index is 11.4. The van der Waals surface area contributed by atoms with Gasteiger partial charge in [-0.3, -0.25) is 15.0 Å². The third-order valence-corrected chi connectivity index (χ3v) is 3.89. The highest BCUT2D eigenvalue weighted by Crippen LogP contribution is 2.39. The summed E-state index contributed by atoms with van der Waals surface area (Å²) in [4.78, 5) is 23.9. The van der Waals surface area contributed by atoms with Crippen molar-refractivity contribution in [2.45, 2.75) is 18.5 Å². The van der Waals surface area contributed by atoms with Gasteiger partial charge in [0.05, 0.1) is 6.04 Å². The Labute approximate surface area is 109 Å². The number of hydrogen-bond donors (Lipinski definition) is 3. The Kier molecular flexibility index (Phi) is 2.67. The Morgan fingerprint density at radius 2 is 2.11 bits per heavy atom. The predicted octanol–water partition coefficient (Wildman–Crippen LogP) is 0.791. The summed E-state index contributed by atoms with van der Waals surface area (Å²) in [6.07, 6.45) is 6.92. The monoisotopic (exact) mass is 262 g/mol. The quantitative estimate of drug-likeness (QED) is 0.650. The van der Waals surface area contributed by atoms with Crippen LogP contribution in [0.15, 0.2) is 35.6 Å². The lowest BCUT2D eigenvalue weighted by atomic mass is 9.84. The number of amides is 1. The second-order valence-electron chi connectivity index (χ2n) is 4.87. The van der Waals surface area contributed by atoms with Crippen molar-refractivity contribution in [1.82, 2.24) is 10.2 Å². The lowest BCUT2D eigenvalue weighted by molar-refractivity contribution is -0.140. The van der Waals surface area contributed by atoms with E-state index in [9.17, 15) is 19.8 Å². The standard InChI is InChI=1S/C13H14N2O4/c16-12(17)10-8-5-6-15(13(18)19)11(8)7-3-1-2-4-9(7)14-10/h1-4,8-10,14H,5-6H2,(H,16,17)(H,18,19). The normalized spacial score (nSPS) is 32.2. The molecular weight excluding hydrogens is 248 g/mol. The topological polar surface area (TPSA) is 89.9 Å². The molecule has 100 valence electrons. The van der Waals surface area contributed by atoms with E-state index in [1.54, 1.807) is 0 Å². The summed E-state index contributed by atoms with van der Waals surface area (Å²) < 4.78 is 0. The van der Waals surface area contributed by atoms with Crippen LogP contribution in [0.3, 0.4) is 0 Å². The summed E-state index contributed by atoms with van der Waals surface area (Å²) in [6, 6.07) is -0.957. The molecule has 3 rings (SSSR count). The zero-order valence-electron chi connectivity index (χ0n) is 10.1. The van der Waals surface area contributed by atoms with E-state index in [-0.39, 0.29) is 12.0 Å². The number of nitrogens with one attached hydrogen (secondary N) is 1. The van der Waals surface area contributed by atoms with Crippen molar-refractivity contribution in [3.05, 3.63) is 35.6 Å². The molecule has 6 nitrogen and oxygen atoms in total. The van der Waals surface area contributed by atoms with E-state index in [0.717, 1.165) is 5.57 Å². The van der Waals surface area contributed by atoms with Crippen molar-refractivity contribution < 1.29 is 19.8 Å². The third kappa shape index (κ3) is 1.76. The Morgan fingerprint density at radius 3 is 2.79 bits per heavy atom. The summed E-state index contributed by atoms with van der Waals surface area (Å²) in [5.74, 6) is -1.22. The second-order valence-corrected chi connectivity index (χ2v) is 4.87. The summed E-state index contributed by atoms with van der Waals surface area (Å²) >= 11 is 0. The summed E-state index contributed by atoms with van der Waals surface area (Å²) in [5, 5.41) is 21.6. The van der Waals surface area contributed by atoms with E-state index in [4.69, 9.17) is 0 Å². The van der Waals surface area contributed by atoms with Crippen molar-refractivity contribution in [3.63, 3.8) is 0 Å². The molecule has 3 N–H and O–H groups in total. The van der Waals surface area contributed by atoms with Gasteiger partial charge in [0.25, 0.3) is 0 Å². The highest BCUT2D eigenvalue weighted by Gasteiger charge is 2.46. The highest BCUT2D eigenvalue weighted by molar-refractivity contribution is 5.77. The summed E-state index contributed by atoms with van der Waals surface area (Å²) in [7, 11) is 0. The van der Waals surface area contributed by atoms with Crippen LogP contribution in [0.4, 0.5) is 4.79 Å². The number of aliphatic carboxylic acids is 1. The van der Waals surface area contributed by atoms with Crippen LogP contribution < -0.4 is 5.32 Å². The number of carbonyl (C=O) groups is 2. The van der Waals surface area contributed by atoms with E-state index in [1.165, 1.54) is 4.90 Å². The molecule has 2 aliphatic heterocycles. The number of rotatable bonds is 1. The molecule has 0 saturated carbocycles. The number of fused-ring (bicyclic) bond motifs is 2. The van der Waals surface area contributed by atoms with Gasteiger partial charge in [0, 0.05) is 18.2 Å². The van der Waals surface area contributed by atoms with E-state index in [0.29, 0.717) is 18.7 Å². The first kappa shape index (κ1) is 12.0. The molecule has 0 bridgehead atoms. The lowest BCUT2D eigenvalue weighted by Crippen LogP contribution is -2.52. The zero-order chi connectivity index (χ0) is 13.6. The third-order valence-electron chi connectivity index (χ3n) is 3.89. The number of carboxylic acid groups (broad SMARTS) is 2.